The number of ether oxygens (including phenoxy) is 1. The third-order valence-corrected chi connectivity index (χ3v) is 1.69. The molecule has 0 saturated heterocycles. The number of hydrogen-bond acceptors (Lipinski definition) is 2. The van der Waals surface area contributed by atoms with Gasteiger partial charge in [0.1, 0.15) is 5.84 Å². The van der Waals surface area contributed by atoms with E-state index in [4.69, 9.17) is 11.1 Å². The first-order valence-corrected chi connectivity index (χ1v) is 4.23. The van der Waals surface area contributed by atoms with Crippen molar-refractivity contribution in [1.29, 1.82) is 5.41 Å². The molecule has 0 radical (unpaired) electrons. The molecule has 0 amide bonds. The summed E-state index contributed by atoms with van der Waals surface area (Å²) in [5, 5.41) is 6.92. The fourth-order valence-electron chi connectivity index (χ4n) is 1.01. The van der Waals surface area contributed by atoms with Crippen molar-refractivity contribution in [3.05, 3.63) is 29.3 Å². The van der Waals surface area contributed by atoms with Crippen molar-refractivity contribution in [2.24, 2.45) is 5.73 Å². The Morgan fingerprint density at radius 1 is 1.24 bits per heavy atom. The Balaban J connectivity index is 2.98. The summed E-state index contributed by atoms with van der Waals surface area (Å²) in [5.41, 5.74) is 4.70. The lowest BCUT2D eigenvalue weighted by Crippen LogP contribution is -2.20. The molecule has 0 bridgehead atoms. The zero-order valence-corrected chi connectivity index (χ0v) is 8.24. The van der Waals surface area contributed by atoms with Crippen LogP contribution in [0.25, 0.3) is 0 Å². The third-order valence-electron chi connectivity index (χ3n) is 1.69. The fourth-order valence-corrected chi connectivity index (χ4v) is 1.01. The zero-order chi connectivity index (χ0) is 13.2. The molecule has 0 fully saturated rings. The summed E-state index contributed by atoms with van der Waals surface area (Å²) in [6.07, 6.45) is -4.70. The molecule has 0 aliphatic heterocycles. The largest absolute Gasteiger partial charge is 0.478 e. The summed E-state index contributed by atoms with van der Waals surface area (Å²) < 4.78 is 65.7. The minimum Gasteiger partial charge on any atom is -0.478 e. The van der Waals surface area contributed by atoms with E-state index in [0.29, 0.717) is 12.1 Å². The topological polar surface area (TPSA) is 59.1 Å². The second-order valence-electron chi connectivity index (χ2n) is 3.09. The van der Waals surface area contributed by atoms with Crippen molar-refractivity contribution in [2.45, 2.75) is 6.18 Å². The molecule has 94 valence electrons. The lowest BCUT2D eigenvalue weighted by Gasteiger charge is -2.11. The van der Waals surface area contributed by atoms with E-state index in [-0.39, 0.29) is 5.56 Å². The standard InChI is InChI=1S/C9H7F5N2O/c10-5-1-4(8(15)16)2-6(11)7(5)17-3-9(12,13)14/h1-2H,3H2,(H3,15,16). The van der Waals surface area contributed by atoms with Gasteiger partial charge in [0.05, 0.1) is 0 Å². The molecular weight excluding hydrogens is 247 g/mol. The predicted molar refractivity (Wildman–Crippen MR) is 48.9 cm³/mol. The number of nitrogens with one attached hydrogen (secondary N) is 1. The fraction of sp³-hybridized carbons (Fsp3) is 0.222. The summed E-state index contributed by atoms with van der Waals surface area (Å²) in [6.45, 7) is -1.81. The van der Waals surface area contributed by atoms with Gasteiger partial charge in [0.15, 0.2) is 24.0 Å². The van der Waals surface area contributed by atoms with E-state index < -0.39 is 36.0 Å². The van der Waals surface area contributed by atoms with E-state index in [9.17, 15) is 22.0 Å². The van der Waals surface area contributed by atoms with Crippen molar-refractivity contribution in [3.63, 3.8) is 0 Å². The molecule has 0 atom stereocenters. The SMILES string of the molecule is N=C(N)c1cc(F)c(OCC(F)(F)F)c(F)c1. The Bertz CT molecular complexity index is 420. The molecule has 0 saturated carbocycles. The van der Waals surface area contributed by atoms with Crippen molar-refractivity contribution in [3.8, 4) is 5.75 Å². The van der Waals surface area contributed by atoms with Crippen molar-refractivity contribution < 1.29 is 26.7 Å². The molecule has 0 aromatic heterocycles. The molecule has 3 nitrogen and oxygen atoms in total. The summed E-state index contributed by atoms with van der Waals surface area (Å²) in [4.78, 5) is 0. The van der Waals surface area contributed by atoms with Gasteiger partial charge in [-0.05, 0) is 12.1 Å². The maximum Gasteiger partial charge on any atom is 0.422 e. The number of halogens is 5. The number of benzene rings is 1. The second kappa shape index (κ2) is 4.56. The molecule has 0 aliphatic rings. The van der Waals surface area contributed by atoms with Crippen LogP contribution in [0.5, 0.6) is 5.75 Å². The van der Waals surface area contributed by atoms with Crippen LogP contribution in [0.1, 0.15) is 5.56 Å². The quantitative estimate of drug-likeness (QED) is 0.493. The van der Waals surface area contributed by atoms with E-state index >= 15 is 0 Å². The number of nitrogen functional groups attached to an aromatic ring is 1. The maximum absolute atomic E-state index is 13.2. The highest BCUT2D eigenvalue weighted by molar-refractivity contribution is 5.95. The van der Waals surface area contributed by atoms with Gasteiger partial charge in [-0.2, -0.15) is 13.2 Å². The highest BCUT2D eigenvalue weighted by Crippen LogP contribution is 2.25. The zero-order valence-electron chi connectivity index (χ0n) is 8.24. The van der Waals surface area contributed by atoms with Gasteiger partial charge in [0, 0.05) is 5.56 Å². The molecule has 3 N–H and O–H groups in total. The number of alkyl halides is 3. The Hall–Kier alpha value is -1.86. The number of rotatable bonds is 3. The third kappa shape index (κ3) is 3.58. The first kappa shape index (κ1) is 13.2. The number of nitrogens with two attached hydrogens (primary N) is 1. The van der Waals surface area contributed by atoms with Gasteiger partial charge in [-0.1, -0.05) is 0 Å². The van der Waals surface area contributed by atoms with Crippen LogP contribution in [-0.2, 0) is 0 Å². The van der Waals surface area contributed by atoms with E-state index in [0.717, 1.165) is 0 Å². The van der Waals surface area contributed by atoms with Crippen molar-refractivity contribution in [1.82, 2.24) is 0 Å². The Kier molecular flexibility index (Phi) is 3.54. The van der Waals surface area contributed by atoms with Gasteiger partial charge in [-0.15, -0.1) is 0 Å². The van der Waals surface area contributed by atoms with Crippen LogP contribution in [0.4, 0.5) is 22.0 Å². The van der Waals surface area contributed by atoms with Gasteiger partial charge in [0.2, 0.25) is 0 Å². The molecule has 0 unspecified atom stereocenters. The van der Waals surface area contributed by atoms with E-state index in [1.807, 2.05) is 0 Å². The smallest absolute Gasteiger partial charge is 0.422 e. The maximum atomic E-state index is 13.2. The lowest BCUT2D eigenvalue weighted by atomic mass is 10.2. The molecule has 0 spiro atoms. The summed E-state index contributed by atoms with van der Waals surface area (Å²) in [7, 11) is 0. The number of hydrogen-bond donors (Lipinski definition) is 2. The summed E-state index contributed by atoms with van der Waals surface area (Å²) in [5.74, 6) is -4.45. The highest BCUT2D eigenvalue weighted by atomic mass is 19.4. The van der Waals surface area contributed by atoms with Crippen LogP contribution in [-0.4, -0.2) is 18.6 Å². The van der Waals surface area contributed by atoms with Crippen LogP contribution in [0.3, 0.4) is 0 Å². The minimum atomic E-state index is -4.70. The van der Waals surface area contributed by atoms with Gasteiger partial charge in [0.25, 0.3) is 0 Å². The van der Waals surface area contributed by atoms with E-state index in [2.05, 4.69) is 4.74 Å². The molecule has 1 rings (SSSR count). The molecular formula is C9H7F5N2O. The first-order valence-electron chi connectivity index (χ1n) is 4.23. The molecule has 0 aliphatic carbocycles. The van der Waals surface area contributed by atoms with Gasteiger partial charge in [-0.3, -0.25) is 5.41 Å². The van der Waals surface area contributed by atoms with Crippen LogP contribution >= 0.6 is 0 Å². The van der Waals surface area contributed by atoms with Gasteiger partial charge in [-0.25, -0.2) is 8.78 Å². The molecule has 8 heteroatoms. The van der Waals surface area contributed by atoms with Crippen LogP contribution in [0.2, 0.25) is 0 Å². The Morgan fingerprint density at radius 2 is 1.71 bits per heavy atom. The second-order valence-corrected chi connectivity index (χ2v) is 3.09. The molecule has 1 aromatic carbocycles. The molecule has 0 heterocycles. The summed E-state index contributed by atoms with van der Waals surface area (Å²) in [6, 6.07) is 1.24. The average molecular weight is 254 g/mol. The molecule has 1 aromatic rings. The van der Waals surface area contributed by atoms with E-state index in [1.54, 1.807) is 0 Å². The monoisotopic (exact) mass is 254 g/mol. The highest BCUT2D eigenvalue weighted by Gasteiger charge is 2.29. The van der Waals surface area contributed by atoms with Gasteiger partial charge < -0.3 is 10.5 Å². The summed E-state index contributed by atoms with van der Waals surface area (Å²) >= 11 is 0. The normalized spacial score (nSPS) is 11.4. The lowest BCUT2D eigenvalue weighted by molar-refractivity contribution is -0.154. The van der Waals surface area contributed by atoms with Gasteiger partial charge >= 0.3 is 6.18 Å². The minimum absolute atomic E-state index is 0.278. The Morgan fingerprint density at radius 3 is 2.06 bits per heavy atom. The predicted octanol–water partition coefficient (Wildman–Crippen LogP) is 2.19. The Labute approximate surface area is 92.5 Å². The van der Waals surface area contributed by atoms with E-state index in [1.165, 1.54) is 0 Å². The number of amidine groups is 1. The van der Waals surface area contributed by atoms with Crippen molar-refractivity contribution in [2.75, 3.05) is 6.61 Å². The van der Waals surface area contributed by atoms with Crippen LogP contribution < -0.4 is 10.5 Å². The van der Waals surface area contributed by atoms with Crippen molar-refractivity contribution >= 4 is 5.84 Å². The van der Waals surface area contributed by atoms with Crippen LogP contribution in [0.15, 0.2) is 12.1 Å². The first-order chi connectivity index (χ1) is 7.70. The van der Waals surface area contributed by atoms with Crippen LogP contribution in [0, 0.1) is 17.0 Å². The molecule has 17 heavy (non-hydrogen) atoms. The average Bonchev–Trinajstić information content (AvgIpc) is 2.14.